The van der Waals surface area contributed by atoms with E-state index in [9.17, 15) is 18.0 Å². The summed E-state index contributed by atoms with van der Waals surface area (Å²) in [6.45, 7) is 2.71. The Bertz CT molecular complexity index is 1530. The maximum absolute atomic E-state index is 13.7. The van der Waals surface area contributed by atoms with E-state index in [4.69, 9.17) is 9.15 Å². The maximum Gasteiger partial charge on any atom is 0.405 e. The van der Waals surface area contributed by atoms with E-state index < -0.39 is 24.0 Å². The number of oxazole rings is 1. The van der Waals surface area contributed by atoms with Crippen molar-refractivity contribution in [2.45, 2.75) is 30.9 Å². The van der Waals surface area contributed by atoms with Crippen molar-refractivity contribution in [1.29, 1.82) is 0 Å². The molecule has 4 aromatic rings. The Morgan fingerprint density at radius 1 is 0.976 bits per heavy atom. The molecule has 1 fully saturated rings. The van der Waals surface area contributed by atoms with Gasteiger partial charge in [-0.1, -0.05) is 55.0 Å². The van der Waals surface area contributed by atoms with Crippen LogP contribution in [0.3, 0.4) is 0 Å². The Morgan fingerprint density at radius 3 is 2.29 bits per heavy atom. The number of carbonyl (C=O) groups excluding carboxylic acids is 1. The van der Waals surface area contributed by atoms with Crippen molar-refractivity contribution < 1.29 is 27.1 Å². The third-order valence-electron chi connectivity index (χ3n) is 8.40. The molecule has 7 nitrogen and oxygen atoms in total. The number of rotatable bonds is 9. The molecule has 0 saturated carbocycles. The minimum atomic E-state index is -4.48. The SMILES string of the molecule is COc1ccc2oc(N3CCN(CCCCC4(C(=O)NCC(F)(F)F)c5ccccc5-c5ccccc54)CC3)nc2c1. The van der Waals surface area contributed by atoms with Gasteiger partial charge in [-0.25, -0.2) is 0 Å². The molecule has 2 aliphatic rings. The van der Waals surface area contributed by atoms with E-state index in [0.29, 0.717) is 18.9 Å². The molecule has 0 bridgehead atoms. The Kier molecular flexibility index (Phi) is 7.57. The van der Waals surface area contributed by atoms with Crippen LogP contribution < -0.4 is 15.0 Å². The van der Waals surface area contributed by atoms with Gasteiger partial charge in [0.05, 0.1) is 7.11 Å². The molecule has 0 unspecified atom stereocenters. The molecule has 0 radical (unpaired) electrons. The molecule has 10 heteroatoms. The number of hydrogen-bond acceptors (Lipinski definition) is 6. The Balaban J connectivity index is 1.11. The van der Waals surface area contributed by atoms with Crippen molar-refractivity contribution in [1.82, 2.24) is 15.2 Å². The smallest absolute Gasteiger partial charge is 0.405 e. The second kappa shape index (κ2) is 11.3. The average molecular weight is 579 g/mol. The summed E-state index contributed by atoms with van der Waals surface area (Å²) in [5.41, 5.74) is 3.68. The second-order valence-electron chi connectivity index (χ2n) is 10.9. The third-order valence-corrected chi connectivity index (χ3v) is 8.40. The molecule has 1 aliphatic carbocycles. The average Bonchev–Trinajstić information content (AvgIpc) is 3.55. The number of ether oxygens (including phenoxy) is 1. The van der Waals surface area contributed by atoms with Gasteiger partial charge in [0.15, 0.2) is 5.58 Å². The number of unbranched alkanes of at least 4 members (excludes halogenated alkanes) is 1. The van der Waals surface area contributed by atoms with Crippen LogP contribution >= 0.6 is 0 Å². The number of benzene rings is 3. The van der Waals surface area contributed by atoms with Crippen LogP contribution in [0.2, 0.25) is 0 Å². The quantitative estimate of drug-likeness (QED) is 0.254. The second-order valence-corrected chi connectivity index (χ2v) is 10.9. The predicted molar refractivity (Wildman–Crippen MR) is 155 cm³/mol. The van der Waals surface area contributed by atoms with Gasteiger partial charge < -0.3 is 19.4 Å². The summed E-state index contributed by atoms with van der Waals surface area (Å²) in [6, 6.07) is 21.3. The number of hydrogen-bond donors (Lipinski definition) is 1. The first-order valence-electron chi connectivity index (χ1n) is 14.2. The van der Waals surface area contributed by atoms with Crippen LogP contribution in [0.15, 0.2) is 71.1 Å². The number of piperazine rings is 1. The van der Waals surface area contributed by atoms with Crippen LogP contribution in [0.4, 0.5) is 19.2 Å². The number of alkyl halides is 3. The highest BCUT2D eigenvalue weighted by molar-refractivity contribution is 6.00. The van der Waals surface area contributed by atoms with Gasteiger partial charge in [-0.3, -0.25) is 9.69 Å². The lowest BCUT2D eigenvalue weighted by molar-refractivity contribution is -0.141. The van der Waals surface area contributed by atoms with Gasteiger partial charge in [-0.15, -0.1) is 0 Å². The zero-order valence-electron chi connectivity index (χ0n) is 23.4. The van der Waals surface area contributed by atoms with Crippen molar-refractivity contribution >= 4 is 23.0 Å². The number of aromatic nitrogens is 1. The number of nitrogens with zero attached hydrogens (tertiary/aromatic N) is 3. The molecular formula is C32H33F3N4O3. The minimum Gasteiger partial charge on any atom is -0.497 e. The van der Waals surface area contributed by atoms with Gasteiger partial charge in [-0.2, -0.15) is 18.2 Å². The third kappa shape index (κ3) is 5.31. The molecule has 42 heavy (non-hydrogen) atoms. The summed E-state index contributed by atoms with van der Waals surface area (Å²) in [6.07, 6.45) is -2.55. The molecule has 1 saturated heterocycles. The molecule has 1 N–H and O–H groups in total. The highest BCUT2D eigenvalue weighted by Crippen LogP contribution is 2.51. The number of methoxy groups -OCH3 is 1. The summed E-state index contributed by atoms with van der Waals surface area (Å²) in [5.74, 6) is 0.137. The standard InChI is InChI=1S/C32H33F3N4O3/c1-41-22-12-13-28-27(20-22)37-30(42-28)39-18-16-38(17-19-39)15-7-6-14-31(29(40)36-21-32(33,34)35)25-10-4-2-8-23(25)24-9-3-5-11-26(24)31/h2-5,8-13,20H,6-7,14-19,21H2,1H3,(H,36,40). The fraction of sp³-hybridized carbons (Fsp3) is 0.375. The largest absolute Gasteiger partial charge is 0.497 e. The summed E-state index contributed by atoms with van der Waals surface area (Å²) in [4.78, 5) is 22.8. The van der Waals surface area contributed by atoms with E-state index in [1.807, 2.05) is 66.7 Å². The number of nitrogens with one attached hydrogen (secondary N) is 1. The highest BCUT2D eigenvalue weighted by Gasteiger charge is 2.49. The van der Waals surface area contributed by atoms with E-state index in [2.05, 4.69) is 20.1 Å². The van der Waals surface area contributed by atoms with Crippen LogP contribution in [0.25, 0.3) is 22.2 Å². The number of fused-ring (bicyclic) bond motifs is 4. The minimum absolute atomic E-state index is 0.428. The number of carbonyl (C=O) groups is 1. The van der Waals surface area contributed by atoms with E-state index in [1.165, 1.54) is 0 Å². The van der Waals surface area contributed by atoms with Gasteiger partial charge in [-0.05, 0) is 53.8 Å². The Hall–Kier alpha value is -4.05. The molecular weight excluding hydrogens is 545 g/mol. The van der Waals surface area contributed by atoms with E-state index in [-0.39, 0.29) is 0 Å². The number of halogens is 3. The zero-order valence-corrected chi connectivity index (χ0v) is 23.4. The van der Waals surface area contributed by atoms with Crippen LogP contribution in [0.1, 0.15) is 30.4 Å². The van der Waals surface area contributed by atoms with E-state index in [0.717, 1.165) is 78.2 Å². The van der Waals surface area contributed by atoms with Crippen molar-refractivity contribution in [3.05, 3.63) is 77.9 Å². The van der Waals surface area contributed by atoms with Crippen LogP contribution in [0, 0.1) is 0 Å². The van der Waals surface area contributed by atoms with E-state index >= 15 is 0 Å². The summed E-state index contributed by atoms with van der Waals surface area (Å²) >= 11 is 0. The molecule has 1 amide bonds. The first kappa shape index (κ1) is 28.1. The Morgan fingerprint density at radius 2 is 1.64 bits per heavy atom. The van der Waals surface area contributed by atoms with E-state index in [1.54, 1.807) is 7.11 Å². The predicted octanol–water partition coefficient (Wildman–Crippen LogP) is 5.77. The molecule has 6 rings (SSSR count). The lowest BCUT2D eigenvalue weighted by Gasteiger charge is -2.34. The van der Waals surface area contributed by atoms with Gasteiger partial charge in [0.25, 0.3) is 6.01 Å². The Labute approximate surface area is 242 Å². The molecule has 1 aromatic heterocycles. The topological polar surface area (TPSA) is 70.8 Å². The summed E-state index contributed by atoms with van der Waals surface area (Å²) < 4.78 is 50.6. The van der Waals surface area contributed by atoms with Gasteiger partial charge in [0.2, 0.25) is 5.91 Å². The fourth-order valence-corrected chi connectivity index (χ4v) is 6.33. The zero-order chi connectivity index (χ0) is 29.3. The fourth-order valence-electron chi connectivity index (χ4n) is 6.33. The molecule has 220 valence electrons. The van der Waals surface area contributed by atoms with Gasteiger partial charge >= 0.3 is 6.18 Å². The van der Waals surface area contributed by atoms with Crippen LogP contribution in [0.5, 0.6) is 5.75 Å². The van der Waals surface area contributed by atoms with Crippen molar-refractivity contribution in [2.24, 2.45) is 0 Å². The lowest BCUT2D eigenvalue weighted by atomic mass is 9.73. The van der Waals surface area contributed by atoms with Crippen molar-refractivity contribution in [2.75, 3.05) is 51.3 Å². The molecule has 2 heterocycles. The first-order valence-corrected chi connectivity index (χ1v) is 14.2. The molecule has 1 aliphatic heterocycles. The highest BCUT2D eigenvalue weighted by atomic mass is 19.4. The normalized spacial score (nSPS) is 16.3. The summed E-state index contributed by atoms with van der Waals surface area (Å²) in [7, 11) is 1.62. The van der Waals surface area contributed by atoms with Gasteiger partial charge in [0, 0.05) is 32.2 Å². The van der Waals surface area contributed by atoms with Crippen molar-refractivity contribution in [3.8, 4) is 16.9 Å². The molecule has 0 atom stereocenters. The molecule has 0 spiro atoms. The van der Waals surface area contributed by atoms with Crippen LogP contribution in [-0.4, -0.2) is 68.3 Å². The van der Waals surface area contributed by atoms with Gasteiger partial charge in [0.1, 0.15) is 23.2 Å². The summed E-state index contributed by atoms with van der Waals surface area (Å²) in [5, 5.41) is 2.21. The first-order chi connectivity index (χ1) is 20.3. The van der Waals surface area contributed by atoms with Crippen molar-refractivity contribution in [3.63, 3.8) is 0 Å². The lowest BCUT2D eigenvalue weighted by Crippen LogP contribution is -2.47. The van der Waals surface area contributed by atoms with Crippen LogP contribution in [-0.2, 0) is 10.2 Å². The molecule has 3 aromatic carbocycles. The number of anilines is 1. The maximum atomic E-state index is 13.7. The number of amides is 1. The monoisotopic (exact) mass is 578 g/mol.